The van der Waals surface area contributed by atoms with Gasteiger partial charge in [0.15, 0.2) is 0 Å². The minimum absolute atomic E-state index is 0.110. The predicted molar refractivity (Wildman–Crippen MR) is 107 cm³/mol. The molecular formula is C22H23ClN2O. The van der Waals surface area contributed by atoms with Crippen molar-refractivity contribution in [2.45, 2.75) is 45.2 Å². The first-order valence-corrected chi connectivity index (χ1v) is 9.65. The number of carbonyl (C=O) groups is 1. The number of aromatic nitrogens is 1. The number of H-pyrrole nitrogens is 1. The van der Waals surface area contributed by atoms with Crippen molar-refractivity contribution in [2.24, 2.45) is 0 Å². The van der Waals surface area contributed by atoms with Crippen LogP contribution >= 0.6 is 11.6 Å². The first-order chi connectivity index (χ1) is 12.6. The third-order valence-electron chi connectivity index (χ3n) is 5.53. The second-order valence-corrected chi connectivity index (χ2v) is 7.52. The van der Waals surface area contributed by atoms with Crippen molar-refractivity contribution in [1.29, 1.82) is 0 Å². The molecule has 2 heterocycles. The molecule has 4 heteroatoms. The lowest BCUT2D eigenvalue weighted by Gasteiger charge is -2.31. The van der Waals surface area contributed by atoms with E-state index in [1.54, 1.807) is 0 Å². The van der Waals surface area contributed by atoms with Crippen molar-refractivity contribution >= 4 is 28.4 Å². The molecule has 0 unspecified atom stereocenters. The molecule has 0 spiro atoms. The monoisotopic (exact) mass is 366 g/mol. The predicted octanol–water partition coefficient (Wildman–Crippen LogP) is 5.95. The van der Waals surface area contributed by atoms with E-state index in [-0.39, 0.29) is 18.0 Å². The average molecular weight is 367 g/mol. The summed E-state index contributed by atoms with van der Waals surface area (Å²) in [5.41, 5.74) is 4.53. The highest BCUT2D eigenvalue weighted by molar-refractivity contribution is 6.30. The Morgan fingerprint density at radius 2 is 1.92 bits per heavy atom. The number of para-hydroxylation sites is 1. The lowest BCUT2D eigenvalue weighted by Crippen LogP contribution is -2.35. The van der Waals surface area contributed by atoms with Crippen LogP contribution in [-0.4, -0.2) is 21.8 Å². The van der Waals surface area contributed by atoms with Gasteiger partial charge in [0.1, 0.15) is 0 Å². The van der Waals surface area contributed by atoms with Gasteiger partial charge < -0.3 is 9.88 Å². The van der Waals surface area contributed by atoms with E-state index in [9.17, 15) is 4.79 Å². The van der Waals surface area contributed by atoms with E-state index in [1.165, 1.54) is 10.9 Å². The molecule has 1 aromatic heterocycles. The van der Waals surface area contributed by atoms with Crippen LogP contribution in [0.15, 0.2) is 48.5 Å². The Labute approximate surface area is 159 Å². The number of carbonyl (C=O) groups excluding carboxylic acids is 1. The van der Waals surface area contributed by atoms with E-state index in [2.05, 4.69) is 41.9 Å². The van der Waals surface area contributed by atoms with Crippen LogP contribution in [0.3, 0.4) is 0 Å². The van der Waals surface area contributed by atoms with Crippen LogP contribution in [0, 0.1) is 0 Å². The Morgan fingerprint density at radius 3 is 2.65 bits per heavy atom. The Bertz CT molecular complexity index is 944. The van der Waals surface area contributed by atoms with Gasteiger partial charge in [-0.15, -0.1) is 0 Å². The van der Waals surface area contributed by atoms with Gasteiger partial charge in [0.05, 0.1) is 11.7 Å². The molecule has 1 saturated heterocycles. The maximum absolute atomic E-state index is 12.6. The number of benzene rings is 2. The fourth-order valence-electron chi connectivity index (χ4n) is 4.09. The van der Waals surface area contributed by atoms with Crippen LogP contribution in [-0.2, 0) is 4.79 Å². The molecule has 1 fully saturated rings. The highest BCUT2D eigenvalue weighted by Crippen LogP contribution is 2.43. The van der Waals surface area contributed by atoms with Gasteiger partial charge in [-0.3, -0.25) is 4.79 Å². The van der Waals surface area contributed by atoms with Crippen LogP contribution < -0.4 is 0 Å². The van der Waals surface area contributed by atoms with Crippen molar-refractivity contribution in [3.8, 4) is 11.3 Å². The first kappa shape index (κ1) is 17.2. The second kappa shape index (κ2) is 6.81. The molecule has 1 amide bonds. The number of likely N-dealkylation sites (tertiary alicyclic amines) is 1. The fraction of sp³-hybridized carbons (Fsp3) is 0.318. The van der Waals surface area contributed by atoms with Crippen molar-refractivity contribution in [2.75, 3.05) is 0 Å². The van der Waals surface area contributed by atoms with E-state index >= 15 is 0 Å². The number of hydrogen-bond acceptors (Lipinski definition) is 1. The molecule has 1 aliphatic heterocycles. The SMILES string of the molecule is CC[C@@H](C)N1C(=O)CC[C@@H]1c1c(-c2ccc(Cl)cc2)[nH]c2ccccc12. The summed E-state index contributed by atoms with van der Waals surface area (Å²) in [6, 6.07) is 16.6. The van der Waals surface area contributed by atoms with Crippen LogP contribution in [0.2, 0.25) is 5.02 Å². The molecule has 0 aliphatic carbocycles. The lowest BCUT2D eigenvalue weighted by molar-refractivity contribution is -0.131. The van der Waals surface area contributed by atoms with Crippen molar-refractivity contribution < 1.29 is 4.79 Å². The molecule has 3 nitrogen and oxygen atoms in total. The third-order valence-corrected chi connectivity index (χ3v) is 5.79. The Kier molecular flexibility index (Phi) is 4.49. The van der Waals surface area contributed by atoms with Gasteiger partial charge in [0.2, 0.25) is 5.91 Å². The number of halogens is 1. The lowest BCUT2D eigenvalue weighted by atomic mass is 9.96. The standard InChI is InChI=1S/C22H23ClN2O/c1-3-14(2)25-19(12-13-20(25)26)21-17-6-4-5-7-18(17)24-22(21)15-8-10-16(23)11-9-15/h4-11,14,19,24H,3,12-13H2,1-2H3/t14-,19-/m1/s1. The maximum atomic E-state index is 12.6. The van der Waals surface area contributed by atoms with Gasteiger partial charge in [0, 0.05) is 34.0 Å². The van der Waals surface area contributed by atoms with Gasteiger partial charge in [0.25, 0.3) is 0 Å². The Morgan fingerprint density at radius 1 is 1.19 bits per heavy atom. The molecular weight excluding hydrogens is 344 g/mol. The largest absolute Gasteiger partial charge is 0.354 e. The average Bonchev–Trinajstić information content (AvgIpc) is 3.22. The summed E-state index contributed by atoms with van der Waals surface area (Å²) in [5, 5.41) is 1.93. The molecule has 2 atom stereocenters. The number of nitrogens with zero attached hydrogens (tertiary/aromatic N) is 1. The summed E-state index contributed by atoms with van der Waals surface area (Å²) in [6.45, 7) is 4.29. The molecule has 0 bridgehead atoms. The second-order valence-electron chi connectivity index (χ2n) is 7.08. The zero-order valence-electron chi connectivity index (χ0n) is 15.1. The smallest absolute Gasteiger partial charge is 0.223 e. The van der Waals surface area contributed by atoms with Gasteiger partial charge in [-0.05, 0) is 43.5 Å². The van der Waals surface area contributed by atoms with Crippen LogP contribution in [0.5, 0.6) is 0 Å². The molecule has 134 valence electrons. The molecule has 2 aromatic carbocycles. The highest BCUT2D eigenvalue weighted by Gasteiger charge is 2.37. The van der Waals surface area contributed by atoms with Crippen LogP contribution in [0.25, 0.3) is 22.2 Å². The molecule has 26 heavy (non-hydrogen) atoms. The molecule has 1 aliphatic rings. The fourth-order valence-corrected chi connectivity index (χ4v) is 4.22. The Hall–Kier alpha value is -2.26. The quantitative estimate of drug-likeness (QED) is 0.608. The minimum Gasteiger partial charge on any atom is -0.354 e. The minimum atomic E-state index is 0.110. The molecule has 0 radical (unpaired) electrons. The van der Waals surface area contributed by atoms with Gasteiger partial charge >= 0.3 is 0 Å². The number of hydrogen-bond donors (Lipinski definition) is 1. The van der Waals surface area contributed by atoms with Crippen molar-refractivity contribution in [3.63, 3.8) is 0 Å². The topological polar surface area (TPSA) is 36.1 Å². The summed E-state index contributed by atoms with van der Waals surface area (Å²) in [5.74, 6) is 0.261. The van der Waals surface area contributed by atoms with E-state index in [4.69, 9.17) is 11.6 Å². The maximum Gasteiger partial charge on any atom is 0.223 e. The first-order valence-electron chi connectivity index (χ1n) is 9.28. The summed E-state index contributed by atoms with van der Waals surface area (Å²) < 4.78 is 0. The van der Waals surface area contributed by atoms with Crippen LogP contribution in [0.1, 0.15) is 44.7 Å². The van der Waals surface area contributed by atoms with Gasteiger partial charge in [-0.25, -0.2) is 0 Å². The van der Waals surface area contributed by atoms with E-state index in [0.29, 0.717) is 6.42 Å². The third kappa shape index (κ3) is 2.80. The van der Waals surface area contributed by atoms with E-state index in [1.807, 2.05) is 30.3 Å². The molecule has 0 saturated carbocycles. The van der Waals surface area contributed by atoms with Gasteiger partial charge in [-0.1, -0.05) is 48.9 Å². The highest BCUT2D eigenvalue weighted by atomic mass is 35.5. The van der Waals surface area contributed by atoms with Gasteiger partial charge in [-0.2, -0.15) is 0 Å². The number of nitrogens with one attached hydrogen (secondary N) is 1. The van der Waals surface area contributed by atoms with E-state index < -0.39 is 0 Å². The summed E-state index contributed by atoms with van der Waals surface area (Å²) in [6.07, 6.45) is 2.45. The summed E-state index contributed by atoms with van der Waals surface area (Å²) in [7, 11) is 0. The van der Waals surface area contributed by atoms with E-state index in [0.717, 1.165) is 34.6 Å². The number of amides is 1. The number of rotatable bonds is 4. The van der Waals surface area contributed by atoms with Crippen LogP contribution in [0.4, 0.5) is 0 Å². The molecule has 4 rings (SSSR count). The zero-order valence-corrected chi connectivity index (χ0v) is 15.9. The molecule has 1 N–H and O–H groups in total. The summed E-state index contributed by atoms with van der Waals surface area (Å²) >= 11 is 6.08. The zero-order chi connectivity index (χ0) is 18.3. The number of fused-ring (bicyclic) bond motifs is 1. The molecule has 3 aromatic rings. The normalized spacial score (nSPS) is 18.7. The summed E-state index contributed by atoms with van der Waals surface area (Å²) in [4.78, 5) is 18.3. The van der Waals surface area contributed by atoms with Crippen molar-refractivity contribution in [3.05, 3.63) is 59.1 Å². The Balaban J connectivity index is 1.92. The number of aromatic amines is 1. The van der Waals surface area contributed by atoms with Crippen molar-refractivity contribution in [1.82, 2.24) is 9.88 Å².